The molecule has 7 nitrogen and oxygen atoms in total. The molecule has 0 aliphatic carbocycles. The van der Waals surface area contributed by atoms with E-state index in [0.717, 1.165) is 38.1 Å². The summed E-state index contributed by atoms with van der Waals surface area (Å²) >= 11 is 6.17. The summed E-state index contributed by atoms with van der Waals surface area (Å²) in [5.74, 6) is 0.318. The molecule has 0 unspecified atom stereocenters. The maximum absolute atomic E-state index is 12.7. The standard InChI is InChI=1S/C19H28ClN3O4/c1-26-7-2-5-23-6-3-12(16(24)11-23)10-22-19(25)14-9-15(20)17(21)13-4-8-27-18(13)14/h9,12,16,24H,2-8,10-11,21H2,1H3,(H,22,25)/t12-,16+/m0/s1. The highest BCUT2D eigenvalue weighted by Gasteiger charge is 2.29. The molecule has 2 aliphatic rings. The van der Waals surface area contributed by atoms with E-state index in [1.807, 2.05) is 0 Å². The minimum Gasteiger partial charge on any atom is -0.492 e. The molecule has 0 saturated carbocycles. The lowest BCUT2D eigenvalue weighted by molar-refractivity contribution is 0.0192. The topological polar surface area (TPSA) is 97.1 Å². The van der Waals surface area contributed by atoms with E-state index in [1.165, 1.54) is 0 Å². The lowest BCUT2D eigenvalue weighted by atomic mass is 9.93. The monoisotopic (exact) mass is 397 g/mol. The molecule has 2 heterocycles. The van der Waals surface area contributed by atoms with Crippen molar-refractivity contribution in [3.63, 3.8) is 0 Å². The number of rotatable bonds is 7. The van der Waals surface area contributed by atoms with Crippen LogP contribution in [0.15, 0.2) is 6.07 Å². The summed E-state index contributed by atoms with van der Waals surface area (Å²) in [4.78, 5) is 14.9. The summed E-state index contributed by atoms with van der Waals surface area (Å²) in [6, 6.07) is 1.56. The van der Waals surface area contributed by atoms with E-state index >= 15 is 0 Å². The molecule has 0 aromatic heterocycles. The number of fused-ring (bicyclic) bond motifs is 1. The second-order valence-corrected chi connectivity index (χ2v) is 7.61. The fourth-order valence-electron chi connectivity index (χ4n) is 3.77. The van der Waals surface area contributed by atoms with E-state index in [-0.39, 0.29) is 11.8 Å². The highest BCUT2D eigenvalue weighted by atomic mass is 35.5. The number of amides is 1. The van der Waals surface area contributed by atoms with Crippen LogP contribution in [0.2, 0.25) is 5.02 Å². The summed E-state index contributed by atoms with van der Waals surface area (Å²) in [7, 11) is 1.69. The lowest BCUT2D eigenvalue weighted by Crippen LogP contribution is -2.48. The first-order valence-electron chi connectivity index (χ1n) is 9.42. The lowest BCUT2D eigenvalue weighted by Gasteiger charge is -2.36. The van der Waals surface area contributed by atoms with Crippen molar-refractivity contribution in [1.82, 2.24) is 10.2 Å². The van der Waals surface area contributed by atoms with Gasteiger partial charge in [-0.3, -0.25) is 4.79 Å². The van der Waals surface area contributed by atoms with Gasteiger partial charge in [-0.05, 0) is 25.5 Å². The third-order valence-corrected chi connectivity index (χ3v) is 5.68. The smallest absolute Gasteiger partial charge is 0.255 e. The number of anilines is 1. The first-order valence-corrected chi connectivity index (χ1v) is 9.80. The van der Waals surface area contributed by atoms with Crippen LogP contribution in [0.25, 0.3) is 0 Å². The zero-order valence-corrected chi connectivity index (χ0v) is 16.4. The normalized spacial score (nSPS) is 22.3. The van der Waals surface area contributed by atoms with Gasteiger partial charge in [0.2, 0.25) is 0 Å². The Hall–Kier alpha value is -1.54. The van der Waals surface area contributed by atoms with Gasteiger partial charge in [0.15, 0.2) is 0 Å². The number of carbonyl (C=O) groups is 1. The van der Waals surface area contributed by atoms with E-state index in [1.54, 1.807) is 13.2 Å². The molecule has 3 rings (SSSR count). The molecule has 1 aromatic rings. The second-order valence-electron chi connectivity index (χ2n) is 7.20. The molecule has 0 spiro atoms. The average Bonchev–Trinajstić information content (AvgIpc) is 3.14. The van der Waals surface area contributed by atoms with Gasteiger partial charge in [0.05, 0.1) is 29.0 Å². The number of nitrogens with one attached hydrogen (secondary N) is 1. The van der Waals surface area contributed by atoms with Crippen molar-refractivity contribution in [3.8, 4) is 5.75 Å². The van der Waals surface area contributed by atoms with Crippen LogP contribution in [-0.2, 0) is 11.2 Å². The van der Waals surface area contributed by atoms with Gasteiger partial charge in [-0.1, -0.05) is 11.6 Å². The number of nitrogens with two attached hydrogens (primary N) is 1. The number of β-amino-alcohol motifs (C(OH)–C–C–N with tert-alkyl or cyclic N) is 1. The number of piperidine rings is 1. The molecular weight excluding hydrogens is 370 g/mol. The van der Waals surface area contributed by atoms with Gasteiger partial charge in [0.1, 0.15) is 5.75 Å². The summed E-state index contributed by atoms with van der Waals surface area (Å²) in [6.07, 6.45) is 1.99. The van der Waals surface area contributed by atoms with Crippen molar-refractivity contribution < 1.29 is 19.4 Å². The average molecular weight is 398 g/mol. The maximum atomic E-state index is 12.7. The summed E-state index contributed by atoms with van der Waals surface area (Å²) in [5.41, 5.74) is 7.68. The van der Waals surface area contributed by atoms with Gasteiger partial charge in [0, 0.05) is 51.3 Å². The number of carbonyl (C=O) groups excluding carboxylic acids is 1. The van der Waals surface area contributed by atoms with Crippen LogP contribution in [-0.4, -0.2) is 68.5 Å². The number of nitrogens with zero attached hydrogens (tertiary/aromatic N) is 1. The van der Waals surface area contributed by atoms with Crippen molar-refractivity contribution in [1.29, 1.82) is 0 Å². The minimum absolute atomic E-state index is 0.0332. The summed E-state index contributed by atoms with van der Waals surface area (Å²) in [6.45, 7) is 4.09. The van der Waals surface area contributed by atoms with Gasteiger partial charge < -0.3 is 30.5 Å². The molecule has 0 bridgehead atoms. The number of aliphatic hydroxyl groups is 1. The van der Waals surface area contributed by atoms with E-state index in [0.29, 0.717) is 48.1 Å². The van der Waals surface area contributed by atoms with Crippen molar-refractivity contribution in [2.24, 2.45) is 5.92 Å². The number of nitrogen functional groups attached to an aromatic ring is 1. The van der Waals surface area contributed by atoms with E-state index < -0.39 is 6.10 Å². The Morgan fingerprint density at radius 3 is 3.11 bits per heavy atom. The van der Waals surface area contributed by atoms with Crippen LogP contribution >= 0.6 is 11.6 Å². The van der Waals surface area contributed by atoms with E-state index in [9.17, 15) is 9.90 Å². The zero-order valence-electron chi connectivity index (χ0n) is 15.7. The Balaban J connectivity index is 1.55. The molecule has 150 valence electrons. The van der Waals surface area contributed by atoms with Crippen LogP contribution in [0.1, 0.15) is 28.8 Å². The molecule has 1 fully saturated rings. The van der Waals surface area contributed by atoms with Crippen LogP contribution in [0, 0.1) is 5.92 Å². The number of ether oxygens (including phenoxy) is 2. The Morgan fingerprint density at radius 2 is 2.37 bits per heavy atom. The van der Waals surface area contributed by atoms with Crippen molar-refractivity contribution >= 4 is 23.2 Å². The van der Waals surface area contributed by atoms with Crippen molar-refractivity contribution in [3.05, 3.63) is 22.2 Å². The van der Waals surface area contributed by atoms with Gasteiger partial charge in [-0.2, -0.15) is 0 Å². The van der Waals surface area contributed by atoms with Gasteiger partial charge in [0.25, 0.3) is 5.91 Å². The highest BCUT2D eigenvalue weighted by Crippen LogP contribution is 2.38. The van der Waals surface area contributed by atoms with Crippen molar-refractivity contribution in [2.75, 3.05) is 52.2 Å². The predicted octanol–water partition coefficient (Wildman–Crippen LogP) is 1.31. The SMILES string of the molecule is COCCCN1CC[C@@H](CNC(=O)c2cc(Cl)c(N)c3c2OCC3)[C@H](O)C1. The fourth-order valence-corrected chi connectivity index (χ4v) is 4.00. The maximum Gasteiger partial charge on any atom is 0.255 e. The minimum atomic E-state index is -0.460. The largest absolute Gasteiger partial charge is 0.492 e. The number of aliphatic hydroxyl groups excluding tert-OH is 1. The van der Waals surface area contributed by atoms with Gasteiger partial charge in [-0.25, -0.2) is 0 Å². The molecule has 0 radical (unpaired) electrons. The van der Waals surface area contributed by atoms with Gasteiger partial charge >= 0.3 is 0 Å². The molecular formula is C19H28ClN3O4. The zero-order chi connectivity index (χ0) is 19.4. The number of hydrogen-bond donors (Lipinski definition) is 3. The van der Waals surface area contributed by atoms with Crippen molar-refractivity contribution in [2.45, 2.75) is 25.4 Å². The van der Waals surface area contributed by atoms with Gasteiger partial charge in [-0.15, -0.1) is 0 Å². The fraction of sp³-hybridized carbons (Fsp3) is 0.632. The van der Waals surface area contributed by atoms with Crippen LogP contribution < -0.4 is 15.8 Å². The number of likely N-dealkylation sites (tertiary alicyclic amines) is 1. The Bertz CT molecular complexity index is 685. The molecule has 27 heavy (non-hydrogen) atoms. The molecule has 1 aromatic carbocycles. The van der Waals surface area contributed by atoms with E-state index in [4.69, 9.17) is 26.8 Å². The summed E-state index contributed by atoms with van der Waals surface area (Å²) < 4.78 is 10.7. The molecule has 1 amide bonds. The van der Waals surface area contributed by atoms with Crippen LogP contribution in [0.3, 0.4) is 0 Å². The summed E-state index contributed by atoms with van der Waals surface area (Å²) in [5, 5.41) is 13.7. The highest BCUT2D eigenvalue weighted by molar-refractivity contribution is 6.33. The number of methoxy groups -OCH3 is 1. The Kier molecular flexibility index (Phi) is 6.81. The first kappa shape index (κ1) is 20.2. The third-order valence-electron chi connectivity index (χ3n) is 5.37. The second kappa shape index (κ2) is 9.10. The third kappa shape index (κ3) is 4.66. The Labute approximate surface area is 164 Å². The molecule has 2 atom stereocenters. The van der Waals surface area contributed by atoms with Crippen LogP contribution in [0.4, 0.5) is 5.69 Å². The Morgan fingerprint density at radius 1 is 1.56 bits per heavy atom. The van der Waals surface area contributed by atoms with Crippen LogP contribution in [0.5, 0.6) is 5.75 Å². The van der Waals surface area contributed by atoms with E-state index in [2.05, 4.69) is 10.2 Å². The quantitative estimate of drug-likeness (QED) is 0.474. The molecule has 2 aliphatic heterocycles. The predicted molar refractivity (Wildman–Crippen MR) is 104 cm³/mol. The molecule has 4 N–H and O–H groups in total. The molecule has 8 heteroatoms. The molecule has 1 saturated heterocycles. The number of hydrogen-bond acceptors (Lipinski definition) is 6. The first-order chi connectivity index (χ1) is 13.0. The number of benzene rings is 1. The number of halogens is 1.